The molecule has 0 N–H and O–H groups in total. The Bertz CT molecular complexity index is 1860. The second-order valence-electron chi connectivity index (χ2n) is 9.73. The van der Waals surface area contributed by atoms with Crippen LogP contribution in [0.1, 0.15) is 0 Å². The normalized spacial score (nSPS) is 11.3. The van der Waals surface area contributed by atoms with Crippen molar-refractivity contribution in [1.29, 1.82) is 0 Å². The van der Waals surface area contributed by atoms with Crippen LogP contribution < -0.4 is 5.46 Å². The van der Waals surface area contributed by atoms with E-state index in [0.717, 1.165) is 33.8 Å². The lowest BCUT2D eigenvalue weighted by molar-refractivity contribution is 1.18. The molecule has 3 heteroatoms. The zero-order valence-electron chi connectivity index (χ0n) is 21.2. The molecule has 0 aliphatic heterocycles. The Balaban J connectivity index is 1.45. The number of benzene rings is 5. The van der Waals surface area contributed by atoms with Crippen LogP contribution in [0.3, 0.4) is 0 Å². The first-order valence-corrected chi connectivity index (χ1v) is 13.0. The van der Waals surface area contributed by atoms with Gasteiger partial charge < -0.3 is 4.57 Å². The third kappa shape index (κ3) is 3.81. The molecule has 5 aromatic carbocycles. The molecule has 2 heterocycles. The summed E-state index contributed by atoms with van der Waals surface area (Å²) in [6.07, 6.45) is 0. The molecule has 0 amide bonds. The van der Waals surface area contributed by atoms with Crippen molar-refractivity contribution >= 4 is 35.1 Å². The molecule has 0 radical (unpaired) electrons. The number of hydrogen-bond donors (Lipinski definition) is 0. The standard InChI is InChI=1S/C35H25BN2/c36-31-19-10-18-30-29-17-7-8-20-34(29)38(35(30)31)28-16-9-15-26(21-28)27-22-32(24-11-3-1-4-12-24)37-33(23-27)25-13-5-2-6-14-25/h1-23H,36H2. The third-order valence-corrected chi connectivity index (χ3v) is 7.30. The first kappa shape index (κ1) is 22.3. The third-order valence-electron chi connectivity index (χ3n) is 7.30. The Morgan fingerprint density at radius 1 is 0.474 bits per heavy atom. The van der Waals surface area contributed by atoms with Crippen molar-refractivity contribution in [2.45, 2.75) is 0 Å². The van der Waals surface area contributed by atoms with E-state index in [1.165, 1.54) is 32.8 Å². The Morgan fingerprint density at radius 2 is 1.05 bits per heavy atom. The van der Waals surface area contributed by atoms with Crippen molar-refractivity contribution in [3.05, 3.63) is 140 Å². The smallest absolute Gasteiger partial charge is 0.142 e. The van der Waals surface area contributed by atoms with Gasteiger partial charge in [-0.3, -0.25) is 0 Å². The molecule has 0 aliphatic rings. The van der Waals surface area contributed by atoms with Crippen molar-refractivity contribution in [1.82, 2.24) is 9.55 Å². The van der Waals surface area contributed by atoms with E-state index in [4.69, 9.17) is 4.98 Å². The summed E-state index contributed by atoms with van der Waals surface area (Å²) >= 11 is 0. The van der Waals surface area contributed by atoms with Crippen LogP contribution in [-0.4, -0.2) is 17.4 Å². The Labute approximate surface area is 223 Å². The molecule has 0 fully saturated rings. The minimum atomic E-state index is 0.972. The van der Waals surface area contributed by atoms with Crippen LogP contribution in [0.25, 0.3) is 61.1 Å². The van der Waals surface area contributed by atoms with E-state index in [1.54, 1.807) is 0 Å². The molecule has 0 unspecified atom stereocenters. The minimum absolute atomic E-state index is 0.972. The number of hydrogen-bond acceptors (Lipinski definition) is 1. The molecule has 0 saturated heterocycles. The molecule has 7 aromatic rings. The summed E-state index contributed by atoms with van der Waals surface area (Å²) in [5, 5.41) is 2.56. The maximum absolute atomic E-state index is 5.06. The van der Waals surface area contributed by atoms with Crippen LogP contribution in [0.2, 0.25) is 0 Å². The lowest BCUT2D eigenvalue weighted by Crippen LogP contribution is -2.08. The summed E-state index contributed by atoms with van der Waals surface area (Å²) in [6, 6.07) is 49.4. The van der Waals surface area contributed by atoms with Gasteiger partial charge in [0.2, 0.25) is 0 Å². The SMILES string of the molecule is Bc1cccc2c3ccccc3n(-c3cccc(-c4cc(-c5ccccc5)nc(-c5ccccc5)c4)c3)c12. The Kier molecular flexibility index (Phi) is 5.41. The van der Waals surface area contributed by atoms with E-state index in [0.29, 0.717) is 0 Å². The van der Waals surface area contributed by atoms with E-state index in [9.17, 15) is 0 Å². The number of pyridine rings is 1. The van der Waals surface area contributed by atoms with Gasteiger partial charge in [0.05, 0.1) is 16.9 Å². The van der Waals surface area contributed by atoms with Crippen molar-refractivity contribution in [3.63, 3.8) is 0 Å². The highest BCUT2D eigenvalue weighted by molar-refractivity contribution is 6.40. The highest BCUT2D eigenvalue weighted by Gasteiger charge is 2.15. The van der Waals surface area contributed by atoms with E-state index in [-0.39, 0.29) is 0 Å². The summed E-state index contributed by atoms with van der Waals surface area (Å²) in [6.45, 7) is 0. The Hall–Kier alpha value is -4.89. The maximum atomic E-state index is 5.06. The van der Waals surface area contributed by atoms with Gasteiger partial charge in [0.25, 0.3) is 0 Å². The molecular formula is C35H25BN2. The molecule has 2 nitrogen and oxygen atoms in total. The van der Waals surface area contributed by atoms with E-state index in [1.807, 2.05) is 12.1 Å². The van der Waals surface area contributed by atoms with Crippen LogP contribution in [0.5, 0.6) is 0 Å². The van der Waals surface area contributed by atoms with Crippen molar-refractivity contribution in [2.24, 2.45) is 0 Å². The molecule has 2 aromatic heterocycles. The number of nitrogens with zero attached hydrogens (tertiary/aromatic N) is 2. The monoisotopic (exact) mass is 484 g/mol. The molecule has 178 valence electrons. The van der Waals surface area contributed by atoms with E-state index < -0.39 is 0 Å². The lowest BCUT2D eigenvalue weighted by Gasteiger charge is -2.13. The zero-order chi connectivity index (χ0) is 25.5. The first-order chi connectivity index (χ1) is 18.8. The molecule has 0 aliphatic carbocycles. The highest BCUT2D eigenvalue weighted by Crippen LogP contribution is 2.34. The maximum Gasteiger partial charge on any atom is 0.142 e. The fraction of sp³-hybridized carbons (Fsp3) is 0. The molecule has 0 bridgehead atoms. The van der Waals surface area contributed by atoms with Crippen LogP contribution >= 0.6 is 0 Å². The second kappa shape index (κ2) is 9.21. The molecule has 7 rings (SSSR count). The van der Waals surface area contributed by atoms with Crippen molar-refractivity contribution in [2.75, 3.05) is 0 Å². The van der Waals surface area contributed by atoms with Gasteiger partial charge in [-0.05, 0) is 41.5 Å². The molecule has 0 saturated carbocycles. The lowest BCUT2D eigenvalue weighted by atomic mass is 9.93. The van der Waals surface area contributed by atoms with Crippen LogP contribution in [0.15, 0.2) is 140 Å². The average Bonchev–Trinajstić information content (AvgIpc) is 3.34. The number of para-hydroxylation sites is 2. The fourth-order valence-corrected chi connectivity index (χ4v) is 5.49. The quantitative estimate of drug-likeness (QED) is 0.238. The average molecular weight is 484 g/mol. The largest absolute Gasteiger partial charge is 0.310 e. The van der Waals surface area contributed by atoms with Crippen LogP contribution in [0.4, 0.5) is 0 Å². The van der Waals surface area contributed by atoms with Crippen molar-refractivity contribution < 1.29 is 0 Å². The predicted octanol–water partition coefficient (Wildman–Crippen LogP) is 7.44. The fourth-order valence-electron chi connectivity index (χ4n) is 5.49. The molecule has 0 atom stereocenters. The summed E-state index contributed by atoms with van der Waals surface area (Å²) in [5.41, 5.74) is 11.4. The summed E-state index contributed by atoms with van der Waals surface area (Å²) in [5.74, 6) is 0. The zero-order valence-corrected chi connectivity index (χ0v) is 21.2. The first-order valence-electron chi connectivity index (χ1n) is 13.0. The van der Waals surface area contributed by atoms with Gasteiger partial charge in [-0.15, -0.1) is 0 Å². The topological polar surface area (TPSA) is 17.8 Å². The molecule has 0 spiro atoms. The van der Waals surface area contributed by atoms with Gasteiger partial charge in [-0.25, -0.2) is 4.98 Å². The van der Waals surface area contributed by atoms with Gasteiger partial charge in [0.15, 0.2) is 0 Å². The van der Waals surface area contributed by atoms with E-state index >= 15 is 0 Å². The van der Waals surface area contributed by atoms with Gasteiger partial charge in [-0.2, -0.15) is 0 Å². The van der Waals surface area contributed by atoms with Gasteiger partial charge in [0.1, 0.15) is 7.85 Å². The van der Waals surface area contributed by atoms with Gasteiger partial charge >= 0.3 is 0 Å². The minimum Gasteiger partial charge on any atom is -0.310 e. The summed E-state index contributed by atoms with van der Waals surface area (Å²) in [4.78, 5) is 5.06. The summed E-state index contributed by atoms with van der Waals surface area (Å²) in [7, 11) is 2.20. The predicted molar refractivity (Wildman–Crippen MR) is 163 cm³/mol. The number of fused-ring (bicyclic) bond motifs is 3. The van der Waals surface area contributed by atoms with Crippen LogP contribution in [0, 0.1) is 0 Å². The van der Waals surface area contributed by atoms with Gasteiger partial charge in [0, 0.05) is 33.1 Å². The number of aromatic nitrogens is 2. The molecular weight excluding hydrogens is 459 g/mol. The summed E-state index contributed by atoms with van der Waals surface area (Å²) < 4.78 is 2.40. The van der Waals surface area contributed by atoms with Crippen molar-refractivity contribution in [3.8, 4) is 39.3 Å². The van der Waals surface area contributed by atoms with Gasteiger partial charge in [-0.1, -0.05) is 115 Å². The number of rotatable bonds is 4. The van der Waals surface area contributed by atoms with E-state index in [2.05, 4.69) is 140 Å². The second-order valence-corrected chi connectivity index (χ2v) is 9.73. The molecule has 38 heavy (non-hydrogen) atoms. The Morgan fingerprint density at radius 3 is 1.76 bits per heavy atom. The highest BCUT2D eigenvalue weighted by atomic mass is 15.0. The van der Waals surface area contributed by atoms with Crippen LogP contribution in [-0.2, 0) is 0 Å².